The van der Waals surface area contributed by atoms with Crippen molar-refractivity contribution in [2.24, 2.45) is 0 Å². The van der Waals surface area contributed by atoms with Crippen LogP contribution in [0.15, 0.2) is 30.6 Å². The maximum atomic E-state index is 14.1. The van der Waals surface area contributed by atoms with Crippen LogP contribution < -0.4 is 21.5 Å². The molecule has 1 aromatic carbocycles. The van der Waals surface area contributed by atoms with Crippen molar-refractivity contribution in [1.82, 2.24) is 25.3 Å². The van der Waals surface area contributed by atoms with Gasteiger partial charge in [-0.05, 0) is 24.6 Å². The molecule has 1 unspecified atom stereocenters. The summed E-state index contributed by atoms with van der Waals surface area (Å²) < 4.78 is 19.5. The summed E-state index contributed by atoms with van der Waals surface area (Å²) in [5.41, 5.74) is 13.8. The lowest BCUT2D eigenvalue weighted by Gasteiger charge is -2.26. The minimum absolute atomic E-state index is 0.0855. The molecule has 5 N–H and O–H groups in total. The van der Waals surface area contributed by atoms with Crippen molar-refractivity contribution in [2.75, 3.05) is 18.1 Å². The number of carbonyl (C=O) groups is 1. The van der Waals surface area contributed by atoms with Gasteiger partial charge in [-0.1, -0.05) is 6.07 Å². The highest BCUT2D eigenvalue weighted by Crippen LogP contribution is 2.33. The number of anilines is 2. The monoisotopic (exact) mass is 395 g/mol. The Morgan fingerprint density at radius 2 is 2.03 bits per heavy atom. The largest absolute Gasteiger partial charge is 0.475 e. The first-order valence-corrected chi connectivity index (χ1v) is 8.93. The summed E-state index contributed by atoms with van der Waals surface area (Å²) in [5.74, 6) is -0.388. The predicted octanol–water partition coefficient (Wildman–Crippen LogP) is 1.66. The summed E-state index contributed by atoms with van der Waals surface area (Å²) in [6, 6.07) is 3.79. The molecule has 29 heavy (non-hydrogen) atoms. The molecule has 1 amide bonds. The average Bonchev–Trinajstić information content (AvgIpc) is 2.69. The molecule has 1 atom stereocenters. The third-order valence-corrected chi connectivity index (χ3v) is 4.55. The number of nitrogens with two attached hydrogens (primary N) is 2. The minimum atomic E-state index is -0.463. The van der Waals surface area contributed by atoms with Gasteiger partial charge in [-0.2, -0.15) is 0 Å². The number of nitrogen functional groups attached to an aromatic ring is 2. The van der Waals surface area contributed by atoms with Crippen molar-refractivity contribution in [3.05, 3.63) is 53.2 Å². The Hall–Kier alpha value is -3.82. The number of fused-ring (bicyclic) bond motifs is 1. The van der Waals surface area contributed by atoms with Crippen molar-refractivity contribution in [3.8, 4) is 17.1 Å². The van der Waals surface area contributed by atoms with E-state index in [-0.39, 0.29) is 23.6 Å². The fourth-order valence-electron chi connectivity index (χ4n) is 3.25. The second-order valence-electron chi connectivity index (χ2n) is 6.43. The number of hydrogen-bond donors (Lipinski definition) is 3. The highest BCUT2D eigenvalue weighted by molar-refractivity contribution is 5.96. The third kappa shape index (κ3) is 3.51. The van der Waals surface area contributed by atoms with Crippen LogP contribution in [0.25, 0.3) is 11.3 Å². The van der Waals surface area contributed by atoms with Crippen molar-refractivity contribution in [3.63, 3.8) is 0 Å². The molecule has 0 bridgehead atoms. The van der Waals surface area contributed by atoms with Crippen LogP contribution in [0.1, 0.15) is 34.6 Å². The number of ether oxygens (including phenoxy) is 1. The first-order chi connectivity index (χ1) is 14.0. The fraction of sp³-hybridized carbons (Fsp3) is 0.211. The van der Waals surface area contributed by atoms with Gasteiger partial charge in [-0.3, -0.25) is 4.79 Å². The molecule has 0 saturated heterocycles. The summed E-state index contributed by atoms with van der Waals surface area (Å²) in [5, 5.41) is 2.90. The molecular formula is C19H18FN7O2. The number of halogens is 1. The first kappa shape index (κ1) is 18.5. The van der Waals surface area contributed by atoms with Gasteiger partial charge in [-0.25, -0.2) is 24.3 Å². The molecule has 2 aromatic heterocycles. The van der Waals surface area contributed by atoms with Crippen molar-refractivity contribution < 1.29 is 13.9 Å². The van der Waals surface area contributed by atoms with E-state index in [0.29, 0.717) is 41.1 Å². The Morgan fingerprint density at radius 3 is 2.83 bits per heavy atom. The van der Waals surface area contributed by atoms with E-state index in [2.05, 4.69) is 25.3 Å². The molecule has 1 aliphatic rings. The van der Waals surface area contributed by atoms with E-state index in [1.54, 1.807) is 13.0 Å². The number of amides is 1. The summed E-state index contributed by atoms with van der Waals surface area (Å²) in [6.07, 6.45) is 3.20. The fourth-order valence-corrected chi connectivity index (χ4v) is 3.25. The number of benzene rings is 1. The molecule has 0 aliphatic carbocycles. The van der Waals surface area contributed by atoms with E-state index >= 15 is 0 Å². The van der Waals surface area contributed by atoms with Crippen molar-refractivity contribution in [2.45, 2.75) is 19.4 Å². The molecule has 0 spiro atoms. The van der Waals surface area contributed by atoms with Gasteiger partial charge in [0.05, 0.1) is 35.8 Å². The van der Waals surface area contributed by atoms with Gasteiger partial charge < -0.3 is 21.5 Å². The quantitative estimate of drug-likeness (QED) is 0.605. The maximum absolute atomic E-state index is 14.1. The van der Waals surface area contributed by atoms with Crippen LogP contribution in [0.3, 0.4) is 0 Å². The average molecular weight is 395 g/mol. The zero-order chi connectivity index (χ0) is 20.5. The molecular weight excluding hydrogens is 377 g/mol. The van der Waals surface area contributed by atoms with Crippen LogP contribution in [0.2, 0.25) is 0 Å². The van der Waals surface area contributed by atoms with Gasteiger partial charge in [-0.15, -0.1) is 0 Å². The number of nitrogens with one attached hydrogen (secondary N) is 1. The zero-order valence-electron chi connectivity index (χ0n) is 15.5. The van der Waals surface area contributed by atoms with Gasteiger partial charge in [0.15, 0.2) is 5.82 Å². The van der Waals surface area contributed by atoms with E-state index in [4.69, 9.17) is 16.2 Å². The zero-order valence-corrected chi connectivity index (χ0v) is 15.5. The summed E-state index contributed by atoms with van der Waals surface area (Å²) >= 11 is 0. The van der Waals surface area contributed by atoms with E-state index in [9.17, 15) is 9.18 Å². The topological polar surface area (TPSA) is 142 Å². The van der Waals surface area contributed by atoms with Crippen LogP contribution in [0.5, 0.6) is 5.88 Å². The van der Waals surface area contributed by atoms with Gasteiger partial charge in [0.25, 0.3) is 11.8 Å². The maximum Gasteiger partial charge on any atom is 0.257 e. The second kappa shape index (κ2) is 7.30. The molecule has 0 radical (unpaired) electrons. The van der Waals surface area contributed by atoms with E-state index in [1.807, 2.05) is 0 Å². The SMILES string of the molecule is CCOc1nc(-c2cc(F)ccc2C2Cc3nc(N)ncc3C(=O)N2)cnc1N. The Balaban J connectivity index is 1.79. The van der Waals surface area contributed by atoms with Crippen molar-refractivity contribution in [1.29, 1.82) is 0 Å². The molecule has 4 rings (SSSR count). The summed E-state index contributed by atoms with van der Waals surface area (Å²) in [7, 11) is 0. The lowest BCUT2D eigenvalue weighted by atomic mass is 9.91. The normalized spacial score (nSPS) is 15.5. The standard InChI is InChI=1S/C19H18FN7O2/c1-2-29-18-16(21)23-8-15(26-18)11-5-9(20)3-4-10(11)13-6-14-12(17(28)25-13)7-24-19(22)27-14/h3-5,7-8,13H,2,6H2,1H3,(H2,21,23)(H,25,28)(H2,22,24,27). The van der Waals surface area contributed by atoms with Gasteiger partial charge >= 0.3 is 0 Å². The molecule has 9 nitrogen and oxygen atoms in total. The first-order valence-electron chi connectivity index (χ1n) is 8.93. The Kier molecular flexibility index (Phi) is 4.67. The molecule has 0 fully saturated rings. The molecule has 1 aliphatic heterocycles. The van der Waals surface area contributed by atoms with E-state index in [1.165, 1.54) is 24.5 Å². The van der Waals surface area contributed by atoms with Crippen LogP contribution in [-0.4, -0.2) is 32.4 Å². The predicted molar refractivity (Wildman–Crippen MR) is 103 cm³/mol. The van der Waals surface area contributed by atoms with Crippen LogP contribution in [0, 0.1) is 5.82 Å². The smallest absolute Gasteiger partial charge is 0.257 e. The van der Waals surface area contributed by atoms with Crippen molar-refractivity contribution >= 4 is 17.7 Å². The molecule has 10 heteroatoms. The highest BCUT2D eigenvalue weighted by atomic mass is 19.1. The van der Waals surface area contributed by atoms with Crippen LogP contribution >= 0.6 is 0 Å². The highest BCUT2D eigenvalue weighted by Gasteiger charge is 2.29. The summed E-state index contributed by atoms with van der Waals surface area (Å²) in [4.78, 5) is 29.0. The van der Waals surface area contributed by atoms with E-state index < -0.39 is 11.9 Å². The second-order valence-corrected chi connectivity index (χ2v) is 6.43. The number of carbonyl (C=O) groups excluding carboxylic acids is 1. The van der Waals surface area contributed by atoms with Crippen LogP contribution in [-0.2, 0) is 6.42 Å². The Bertz CT molecular complexity index is 1110. The molecule has 3 heterocycles. The van der Waals surface area contributed by atoms with Crippen LogP contribution in [0.4, 0.5) is 16.2 Å². The number of aromatic nitrogens is 4. The lowest BCUT2D eigenvalue weighted by molar-refractivity contribution is 0.0923. The lowest BCUT2D eigenvalue weighted by Crippen LogP contribution is -2.36. The van der Waals surface area contributed by atoms with E-state index in [0.717, 1.165) is 0 Å². The number of rotatable bonds is 4. The molecule has 0 saturated carbocycles. The molecule has 148 valence electrons. The third-order valence-electron chi connectivity index (χ3n) is 4.55. The van der Waals surface area contributed by atoms with Gasteiger partial charge in [0, 0.05) is 18.2 Å². The molecule has 3 aromatic rings. The van der Waals surface area contributed by atoms with Gasteiger partial charge in [0.1, 0.15) is 5.82 Å². The number of hydrogen-bond acceptors (Lipinski definition) is 8. The number of nitrogens with zero attached hydrogens (tertiary/aromatic N) is 4. The minimum Gasteiger partial charge on any atom is -0.475 e. The Morgan fingerprint density at radius 1 is 1.21 bits per heavy atom. The summed E-state index contributed by atoms with van der Waals surface area (Å²) in [6.45, 7) is 2.15. The Labute approximate surface area is 165 Å². The van der Waals surface area contributed by atoms with Gasteiger partial charge in [0.2, 0.25) is 5.95 Å².